The van der Waals surface area contributed by atoms with E-state index in [-0.39, 0.29) is 15.4 Å². The molecule has 0 aromatic rings. The highest BCUT2D eigenvalue weighted by Crippen LogP contribution is 1.93. The van der Waals surface area contributed by atoms with Crippen molar-refractivity contribution in [2.75, 3.05) is 25.3 Å². The standard InChI is InChI=1S/C4H11NO3.CH3BrO.H3P/c5-4(1-6,2-7)3-8;2-1-3;/h6-8H,1-3,5H2;3H,1H2;1H3. The molecule has 12 heavy (non-hydrogen) atoms. The largest absolute Gasteiger partial charge is 0.394 e. The van der Waals surface area contributed by atoms with E-state index in [0.717, 1.165) is 0 Å². The van der Waals surface area contributed by atoms with Crippen molar-refractivity contribution in [3.05, 3.63) is 0 Å². The van der Waals surface area contributed by atoms with Gasteiger partial charge in [0.15, 0.2) is 0 Å². The van der Waals surface area contributed by atoms with Crippen LogP contribution in [0.4, 0.5) is 0 Å². The number of hydrogen-bond acceptors (Lipinski definition) is 5. The van der Waals surface area contributed by atoms with E-state index in [0.29, 0.717) is 0 Å². The summed E-state index contributed by atoms with van der Waals surface area (Å²) in [7, 11) is 0. The van der Waals surface area contributed by atoms with Crippen LogP contribution in [0.15, 0.2) is 0 Å². The Bertz CT molecular complexity index is 75.6. The molecule has 0 aromatic carbocycles. The van der Waals surface area contributed by atoms with Gasteiger partial charge in [-0.1, -0.05) is 15.9 Å². The maximum absolute atomic E-state index is 8.34. The highest BCUT2D eigenvalue weighted by molar-refractivity contribution is 9.09. The Morgan fingerprint density at radius 1 is 1.00 bits per heavy atom. The second-order valence-electron chi connectivity index (χ2n) is 1.96. The van der Waals surface area contributed by atoms with E-state index in [1.165, 1.54) is 0 Å². The van der Waals surface area contributed by atoms with Crippen LogP contribution in [0.25, 0.3) is 0 Å². The fraction of sp³-hybridized carbons (Fsp3) is 1.00. The van der Waals surface area contributed by atoms with E-state index >= 15 is 0 Å². The molecule has 78 valence electrons. The van der Waals surface area contributed by atoms with Crippen molar-refractivity contribution < 1.29 is 20.4 Å². The number of halogens is 1. The molecule has 5 nitrogen and oxygen atoms in total. The lowest BCUT2D eigenvalue weighted by Gasteiger charge is -2.20. The summed E-state index contributed by atoms with van der Waals surface area (Å²) in [4.78, 5) is 0. The third-order valence-electron chi connectivity index (χ3n) is 0.945. The molecule has 0 rings (SSSR count). The smallest absolute Gasteiger partial charge is 0.0980 e. The first-order chi connectivity index (χ1) is 5.10. The summed E-state index contributed by atoms with van der Waals surface area (Å²) in [5, 5.41) is 32.5. The Morgan fingerprint density at radius 3 is 1.17 bits per heavy atom. The van der Waals surface area contributed by atoms with Gasteiger partial charge >= 0.3 is 0 Å². The number of rotatable bonds is 3. The zero-order valence-corrected chi connectivity index (χ0v) is 9.78. The van der Waals surface area contributed by atoms with Gasteiger partial charge < -0.3 is 26.2 Å². The molecule has 1 unspecified atom stereocenters. The Labute approximate surface area is 83.3 Å². The van der Waals surface area contributed by atoms with Crippen LogP contribution in [-0.2, 0) is 0 Å². The van der Waals surface area contributed by atoms with E-state index in [1.54, 1.807) is 0 Å². The molecule has 0 fully saturated rings. The van der Waals surface area contributed by atoms with Gasteiger partial charge in [-0.2, -0.15) is 9.90 Å². The monoisotopic (exact) mass is 265 g/mol. The van der Waals surface area contributed by atoms with Crippen molar-refractivity contribution in [3.63, 3.8) is 0 Å². The summed E-state index contributed by atoms with van der Waals surface area (Å²) in [6.07, 6.45) is 0. The maximum atomic E-state index is 8.34. The van der Waals surface area contributed by atoms with Crippen LogP contribution >= 0.6 is 25.8 Å². The van der Waals surface area contributed by atoms with Crippen molar-refractivity contribution in [3.8, 4) is 0 Å². The fourth-order valence-electron chi connectivity index (χ4n) is 0.150. The molecule has 0 amide bonds. The maximum Gasteiger partial charge on any atom is 0.0980 e. The number of aliphatic hydroxyl groups excluding tert-OH is 4. The van der Waals surface area contributed by atoms with Crippen molar-refractivity contribution in [2.24, 2.45) is 5.73 Å². The summed E-state index contributed by atoms with van der Waals surface area (Å²) < 4.78 is 0. The van der Waals surface area contributed by atoms with Crippen LogP contribution in [0.2, 0.25) is 0 Å². The van der Waals surface area contributed by atoms with Gasteiger partial charge in [0.25, 0.3) is 0 Å². The van der Waals surface area contributed by atoms with Crippen LogP contribution in [0.3, 0.4) is 0 Å². The number of alkyl halides is 1. The van der Waals surface area contributed by atoms with Crippen LogP contribution in [0.5, 0.6) is 0 Å². The normalized spacial score (nSPS) is 9.50. The molecule has 0 spiro atoms. The summed E-state index contributed by atoms with van der Waals surface area (Å²) in [5.74, 6) is 0. The first-order valence-corrected chi connectivity index (χ1v) is 4.00. The summed E-state index contributed by atoms with van der Waals surface area (Å²) in [6, 6.07) is 0. The molecule has 0 bridgehead atoms. The topological polar surface area (TPSA) is 107 Å². The Balaban J connectivity index is -0.000000177. The second kappa shape index (κ2) is 11.7. The summed E-state index contributed by atoms with van der Waals surface area (Å²) >= 11 is 2.70. The zero-order chi connectivity index (χ0) is 9.33. The SMILES string of the molecule is NC(CO)(CO)CO.OCBr.P. The van der Waals surface area contributed by atoms with E-state index in [2.05, 4.69) is 15.9 Å². The molecule has 0 aliphatic rings. The lowest BCUT2D eigenvalue weighted by Crippen LogP contribution is -2.50. The molecule has 0 aliphatic carbocycles. The molecule has 0 radical (unpaired) electrons. The molecular formula is C5H17BrNO4P. The molecule has 0 aromatic heterocycles. The minimum absolute atomic E-state index is 0. The summed E-state index contributed by atoms with van der Waals surface area (Å²) in [6.45, 7) is -1.21. The lowest BCUT2D eigenvalue weighted by molar-refractivity contribution is 0.0698. The first kappa shape index (κ1) is 18.5. The first-order valence-electron chi connectivity index (χ1n) is 2.88. The molecule has 0 heterocycles. The average molecular weight is 266 g/mol. The molecule has 0 aliphatic heterocycles. The number of aliphatic hydroxyl groups is 4. The van der Waals surface area contributed by atoms with Gasteiger partial charge in [-0.3, -0.25) is 0 Å². The number of hydrogen-bond donors (Lipinski definition) is 5. The van der Waals surface area contributed by atoms with Crippen LogP contribution < -0.4 is 5.73 Å². The van der Waals surface area contributed by atoms with Gasteiger partial charge in [-0.25, -0.2) is 0 Å². The highest BCUT2D eigenvalue weighted by atomic mass is 79.9. The molecule has 0 saturated carbocycles. The third kappa shape index (κ3) is 10.7. The number of nitrogens with two attached hydrogens (primary N) is 1. The minimum Gasteiger partial charge on any atom is -0.394 e. The molecule has 0 saturated heterocycles. The van der Waals surface area contributed by atoms with Crippen molar-refractivity contribution in [1.82, 2.24) is 0 Å². The molecule has 6 N–H and O–H groups in total. The Morgan fingerprint density at radius 2 is 1.17 bits per heavy atom. The van der Waals surface area contributed by atoms with Crippen molar-refractivity contribution >= 4 is 25.8 Å². The Hall–Kier alpha value is 0.710. The van der Waals surface area contributed by atoms with E-state index in [4.69, 9.17) is 26.2 Å². The van der Waals surface area contributed by atoms with Crippen LogP contribution in [0, 0.1) is 0 Å². The summed E-state index contributed by atoms with van der Waals surface area (Å²) in [5.41, 5.74) is 4.00. The molecular weight excluding hydrogens is 249 g/mol. The van der Waals surface area contributed by atoms with Gasteiger partial charge in [-0.15, -0.1) is 0 Å². The van der Waals surface area contributed by atoms with E-state index in [9.17, 15) is 0 Å². The van der Waals surface area contributed by atoms with E-state index < -0.39 is 25.4 Å². The molecule has 7 heteroatoms. The third-order valence-corrected chi connectivity index (χ3v) is 0.945. The average Bonchev–Trinajstić information content (AvgIpc) is 2.05. The minimum atomic E-state index is -1.21. The van der Waals surface area contributed by atoms with Crippen LogP contribution in [0.1, 0.15) is 0 Å². The quantitative estimate of drug-likeness (QED) is 0.301. The predicted octanol–water partition coefficient (Wildman–Crippen LogP) is -1.95. The van der Waals surface area contributed by atoms with Crippen LogP contribution in [-0.4, -0.2) is 51.3 Å². The Kier molecular flexibility index (Phi) is 18.0. The molecule has 1 atom stereocenters. The predicted molar refractivity (Wildman–Crippen MR) is 55.3 cm³/mol. The van der Waals surface area contributed by atoms with Crippen molar-refractivity contribution in [1.29, 1.82) is 0 Å². The van der Waals surface area contributed by atoms with E-state index in [1.807, 2.05) is 0 Å². The lowest BCUT2D eigenvalue weighted by atomic mass is 10.1. The second-order valence-corrected chi connectivity index (χ2v) is 2.46. The fourth-order valence-corrected chi connectivity index (χ4v) is 0.150. The highest BCUT2D eigenvalue weighted by Gasteiger charge is 2.20. The van der Waals surface area contributed by atoms with Gasteiger partial charge in [0.05, 0.1) is 30.9 Å². The van der Waals surface area contributed by atoms with Gasteiger partial charge in [0.1, 0.15) is 0 Å². The van der Waals surface area contributed by atoms with Gasteiger partial charge in [-0.05, 0) is 0 Å². The zero-order valence-electron chi connectivity index (χ0n) is 6.78. The van der Waals surface area contributed by atoms with Crippen molar-refractivity contribution in [2.45, 2.75) is 5.54 Å². The van der Waals surface area contributed by atoms with Gasteiger partial charge in [0.2, 0.25) is 0 Å². The van der Waals surface area contributed by atoms with Gasteiger partial charge in [0, 0.05) is 0 Å².